The highest BCUT2D eigenvalue weighted by atomic mass is 19.3. The van der Waals surface area contributed by atoms with Crippen molar-refractivity contribution in [2.24, 2.45) is 0 Å². The van der Waals surface area contributed by atoms with Crippen LogP contribution in [-0.4, -0.2) is 9.67 Å². The first-order chi connectivity index (χ1) is 6.74. The second kappa shape index (κ2) is 3.38. The maximum absolute atomic E-state index is 12.5. The van der Waals surface area contributed by atoms with Crippen LogP contribution in [0.5, 0.6) is 0 Å². The molecule has 2 rings (SSSR count). The van der Waals surface area contributed by atoms with Crippen molar-refractivity contribution < 1.29 is 13.9 Å². The van der Waals surface area contributed by atoms with E-state index in [1.54, 1.807) is 24.3 Å². The fourth-order valence-electron chi connectivity index (χ4n) is 1.56. The Bertz CT molecular complexity index is 450. The van der Waals surface area contributed by atoms with Crippen molar-refractivity contribution in [3.05, 3.63) is 36.0 Å². The Hall–Kier alpha value is -1.42. The van der Waals surface area contributed by atoms with Gasteiger partial charge in [-0.3, -0.25) is 4.57 Å². The number of fused-ring (bicyclic) bond motifs is 1. The number of hydrogen-bond donors (Lipinski definition) is 1. The first kappa shape index (κ1) is 9.15. The lowest BCUT2D eigenvalue weighted by Gasteiger charge is -2.01. The van der Waals surface area contributed by atoms with Gasteiger partial charge in [-0.2, -0.15) is 8.78 Å². The van der Waals surface area contributed by atoms with Crippen molar-refractivity contribution in [2.45, 2.75) is 13.2 Å². The van der Waals surface area contributed by atoms with Crippen LogP contribution in [0, 0.1) is 0 Å². The molecule has 0 spiro atoms. The van der Waals surface area contributed by atoms with Crippen LogP contribution in [0.25, 0.3) is 10.9 Å². The van der Waals surface area contributed by atoms with Crippen molar-refractivity contribution in [2.75, 3.05) is 0 Å². The molecule has 1 aromatic heterocycles. The Morgan fingerprint density at radius 1 is 1.29 bits per heavy atom. The molecule has 4 heteroatoms. The predicted octanol–water partition coefficient (Wildman–Crippen LogP) is 2.53. The molecular formula is C10H9F2NO. The highest BCUT2D eigenvalue weighted by molar-refractivity contribution is 5.83. The number of aromatic nitrogens is 1. The van der Waals surface area contributed by atoms with E-state index in [-0.39, 0.29) is 6.61 Å². The van der Waals surface area contributed by atoms with Gasteiger partial charge in [0, 0.05) is 17.1 Å². The van der Waals surface area contributed by atoms with Crippen molar-refractivity contribution >= 4 is 10.9 Å². The molecular weight excluding hydrogens is 188 g/mol. The summed E-state index contributed by atoms with van der Waals surface area (Å²) < 4.78 is 25.9. The quantitative estimate of drug-likeness (QED) is 0.786. The van der Waals surface area contributed by atoms with E-state index in [4.69, 9.17) is 5.11 Å². The number of hydrogen-bond acceptors (Lipinski definition) is 1. The number of aliphatic hydroxyl groups is 1. The average Bonchev–Trinajstić information content (AvgIpc) is 2.56. The van der Waals surface area contributed by atoms with Gasteiger partial charge >= 0.3 is 6.55 Å². The molecule has 0 atom stereocenters. The monoisotopic (exact) mass is 197 g/mol. The lowest BCUT2D eigenvalue weighted by molar-refractivity contribution is 0.0749. The summed E-state index contributed by atoms with van der Waals surface area (Å²) in [6.07, 6.45) is 1.29. The number of halogens is 2. The van der Waals surface area contributed by atoms with Crippen molar-refractivity contribution in [3.8, 4) is 0 Å². The molecule has 1 aromatic carbocycles. The summed E-state index contributed by atoms with van der Waals surface area (Å²) in [6, 6.07) is 6.79. The molecule has 0 radical (unpaired) electrons. The molecule has 0 saturated carbocycles. The van der Waals surface area contributed by atoms with E-state index >= 15 is 0 Å². The standard InChI is InChI=1S/C10H9F2NO/c11-10(12)13-5-7(6-14)8-3-1-2-4-9(8)13/h1-5,10,14H,6H2. The number of para-hydroxylation sites is 1. The molecule has 74 valence electrons. The summed E-state index contributed by atoms with van der Waals surface area (Å²) in [6.45, 7) is -2.79. The highest BCUT2D eigenvalue weighted by Gasteiger charge is 2.12. The average molecular weight is 197 g/mol. The third kappa shape index (κ3) is 1.28. The summed E-state index contributed by atoms with van der Waals surface area (Å²) in [4.78, 5) is 0. The van der Waals surface area contributed by atoms with E-state index in [1.807, 2.05) is 0 Å². The number of benzene rings is 1. The summed E-state index contributed by atoms with van der Waals surface area (Å²) >= 11 is 0. The van der Waals surface area contributed by atoms with Crippen molar-refractivity contribution in [3.63, 3.8) is 0 Å². The SMILES string of the molecule is OCc1cn(C(F)F)c2ccccc12. The van der Waals surface area contributed by atoms with E-state index in [2.05, 4.69) is 0 Å². The Morgan fingerprint density at radius 3 is 2.64 bits per heavy atom. The van der Waals surface area contributed by atoms with Gasteiger partial charge in [-0.25, -0.2) is 0 Å². The normalized spacial score (nSPS) is 11.4. The second-order valence-electron chi connectivity index (χ2n) is 3.01. The van der Waals surface area contributed by atoms with Crippen LogP contribution >= 0.6 is 0 Å². The molecule has 2 nitrogen and oxygen atoms in total. The minimum absolute atomic E-state index is 0.222. The molecule has 0 aliphatic carbocycles. The van der Waals surface area contributed by atoms with Gasteiger partial charge in [0.1, 0.15) is 0 Å². The Balaban J connectivity index is 2.73. The molecule has 0 fully saturated rings. The fourth-order valence-corrected chi connectivity index (χ4v) is 1.56. The van der Waals surface area contributed by atoms with Gasteiger partial charge in [-0.15, -0.1) is 0 Å². The van der Waals surface area contributed by atoms with Gasteiger partial charge < -0.3 is 5.11 Å². The van der Waals surface area contributed by atoms with Crippen LogP contribution in [-0.2, 0) is 6.61 Å². The molecule has 1 N–H and O–H groups in total. The minimum Gasteiger partial charge on any atom is -0.392 e. The molecule has 2 aromatic rings. The zero-order chi connectivity index (χ0) is 10.1. The smallest absolute Gasteiger partial charge is 0.319 e. The summed E-state index contributed by atoms with van der Waals surface area (Å²) in [5, 5.41) is 9.65. The van der Waals surface area contributed by atoms with E-state index in [0.29, 0.717) is 16.5 Å². The molecule has 14 heavy (non-hydrogen) atoms. The van der Waals surface area contributed by atoms with Crippen LogP contribution < -0.4 is 0 Å². The van der Waals surface area contributed by atoms with Crippen LogP contribution in [0.2, 0.25) is 0 Å². The Kier molecular flexibility index (Phi) is 2.21. The van der Waals surface area contributed by atoms with Gasteiger partial charge in [0.05, 0.1) is 12.1 Å². The van der Waals surface area contributed by atoms with Gasteiger partial charge in [-0.1, -0.05) is 18.2 Å². The van der Waals surface area contributed by atoms with Gasteiger partial charge in [-0.05, 0) is 6.07 Å². The van der Waals surface area contributed by atoms with Crippen molar-refractivity contribution in [1.29, 1.82) is 0 Å². The highest BCUT2D eigenvalue weighted by Crippen LogP contribution is 2.25. The molecule has 0 amide bonds. The van der Waals surface area contributed by atoms with E-state index in [1.165, 1.54) is 6.20 Å². The van der Waals surface area contributed by atoms with Crippen LogP contribution in [0.3, 0.4) is 0 Å². The zero-order valence-electron chi connectivity index (χ0n) is 7.32. The maximum atomic E-state index is 12.5. The molecule has 1 heterocycles. The Labute approximate surface area is 79.4 Å². The van der Waals surface area contributed by atoms with E-state index < -0.39 is 6.55 Å². The van der Waals surface area contributed by atoms with E-state index in [9.17, 15) is 8.78 Å². The summed E-state index contributed by atoms with van der Waals surface area (Å²) in [7, 11) is 0. The van der Waals surface area contributed by atoms with E-state index in [0.717, 1.165) is 4.57 Å². The largest absolute Gasteiger partial charge is 0.392 e. The summed E-state index contributed by atoms with van der Waals surface area (Å²) in [5.41, 5.74) is 0.979. The lowest BCUT2D eigenvalue weighted by atomic mass is 10.2. The molecule has 0 aliphatic rings. The maximum Gasteiger partial charge on any atom is 0.319 e. The van der Waals surface area contributed by atoms with Crippen LogP contribution in [0.15, 0.2) is 30.5 Å². The minimum atomic E-state index is -2.57. The molecule has 0 aliphatic heterocycles. The number of alkyl halides is 2. The third-order valence-electron chi connectivity index (χ3n) is 2.20. The van der Waals surface area contributed by atoms with Crippen LogP contribution in [0.4, 0.5) is 8.78 Å². The first-order valence-corrected chi connectivity index (χ1v) is 4.21. The molecule has 0 unspecified atom stereocenters. The Morgan fingerprint density at radius 2 is 2.00 bits per heavy atom. The third-order valence-corrected chi connectivity index (χ3v) is 2.20. The van der Waals surface area contributed by atoms with Crippen LogP contribution in [0.1, 0.15) is 12.1 Å². The van der Waals surface area contributed by atoms with Crippen molar-refractivity contribution in [1.82, 2.24) is 4.57 Å². The lowest BCUT2D eigenvalue weighted by Crippen LogP contribution is -1.94. The van der Waals surface area contributed by atoms with Gasteiger partial charge in [0.25, 0.3) is 0 Å². The topological polar surface area (TPSA) is 25.2 Å². The predicted molar refractivity (Wildman–Crippen MR) is 49.1 cm³/mol. The van der Waals surface area contributed by atoms with Gasteiger partial charge in [0.2, 0.25) is 0 Å². The number of aliphatic hydroxyl groups excluding tert-OH is 1. The number of nitrogens with zero attached hydrogens (tertiary/aromatic N) is 1. The first-order valence-electron chi connectivity index (χ1n) is 4.21. The van der Waals surface area contributed by atoms with Gasteiger partial charge in [0.15, 0.2) is 0 Å². The number of rotatable bonds is 2. The molecule has 0 bridgehead atoms. The second-order valence-corrected chi connectivity index (χ2v) is 3.01. The zero-order valence-corrected chi connectivity index (χ0v) is 7.32. The fraction of sp³-hybridized carbons (Fsp3) is 0.200. The summed E-state index contributed by atoms with van der Waals surface area (Å²) in [5.74, 6) is 0. The molecule has 0 saturated heterocycles.